The number of hydrogen-bond acceptors (Lipinski definition) is 6. The van der Waals surface area contributed by atoms with Crippen LogP contribution in [0.2, 0.25) is 0 Å². The molecule has 0 aliphatic carbocycles. The van der Waals surface area contributed by atoms with E-state index in [1.54, 1.807) is 24.7 Å². The quantitative estimate of drug-likeness (QED) is 0.213. The SMILES string of the molecule is CC.CC.CC(C)(C)c1ccno1.CC(C)(C)n1cccn1.CC(C)N1Cc2ccccc2C1=O.CC(C)N1Cc2ncccc2C1=O. The van der Waals surface area contributed by atoms with E-state index < -0.39 is 0 Å². The lowest BCUT2D eigenvalue weighted by Crippen LogP contribution is -2.30. The molecule has 0 saturated carbocycles. The van der Waals surface area contributed by atoms with Crippen LogP contribution in [-0.4, -0.2) is 53.6 Å². The zero-order chi connectivity index (χ0) is 36.7. The summed E-state index contributed by atoms with van der Waals surface area (Å²) in [7, 11) is 0. The van der Waals surface area contributed by atoms with E-state index in [2.05, 4.69) is 56.8 Å². The van der Waals surface area contributed by atoms with Crippen LogP contribution < -0.4 is 0 Å². The molecule has 0 radical (unpaired) electrons. The number of amides is 2. The third-order valence-corrected chi connectivity index (χ3v) is 7.17. The Bertz CT molecular complexity index is 1370. The van der Waals surface area contributed by atoms with Gasteiger partial charge in [0.1, 0.15) is 5.76 Å². The maximum atomic E-state index is 11.8. The summed E-state index contributed by atoms with van der Waals surface area (Å²) in [6, 6.07) is 15.8. The Balaban J connectivity index is 0.000000313. The van der Waals surface area contributed by atoms with Crippen molar-refractivity contribution in [3.63, 3.8) is 0 Å². The van der Waals surface area contributed by atoms with Gasteiger partial charge in [0.25, 0.3) is 11.8 Å². The first-order valence-corrected chi connectivity index (χ1v) is 17.2. The molecule has 0 fully saturated rings. The fraction of sp³-hybridized carbons (Fsp3) is 0.513. The molecule has 0 bridgehead atoms. The second-order valence-electron chi connectivity index (χ2n) is 13.5. The number of nitrogens with zero attached hydrogens (tertiary/aromatic N) is 6. The van der Waals surface area contributed by atoms with Crippen molar-refractivity contribution in [2.24, 2.45) is 0 Å². The van der Waals surface area contributed by atoms with Crippen molar-refractivity contribution in [2.75, 3.05) is 0 Å². The monoisotopic (exact) mass is 660 g/mol. The van der Waals surface area contributed by atoms with Gasteiger partial charge in [-0.25, -0.2) is 0 Å². The molecule has 0 saturated heterocycles. The Kier molecular flexibility index (Phi) is 17.0. The first-order chi connectivity index (χ1) is 22.6. The van der Waals surface area contributed by atoms with Crippen molar-refractivity contribution in [3.8, 4) is 0 Å². The van der Waals surface area contributed by atoms with Crippen LogP contribution in [0.5, 0.6) is 0 Å². The van der Waals surface area contributed by atoms with Crippen molar-refractivity contribution in [1.82, 2.24) is 29.7 Å². The summed E-state index contributed by atoms with van der Waals surface area (Å²) < 4.78 is 6.89. The average Bonchev–Trinajstić information content (AvgIpc) is 3.88. The average molecular weight is 661 g/mol. The molecule has 0 spiro atoms. The van der Waals surface area contributed by atoms with Crippen LogP contribution in [-0.2, 0) is 24.0 Å². The molecule has 4 aromatic rings. The van der Waals surface area contributed by atoms with Crippen molar-refractivity contribution in [3.05, 3.63) is 101 Å². The van der Waals surface area contributed by atoms with Gasteiger partial charge in [0.05, 0.1) is 29.5 Å². The first-order valence-electron chi connectivity index (χ1n) is 17.2. The molecule has 2 aliphatic rings. The van der Waals surface area contributed by atoms with Gasteiger partial charge in [0, 0.05) is 54.3 Å². The molecule has 3 aromatic heterocycles. The lowest BCUT2D eigenvalue weighted by atomic mass is 9.94. The van der Waals surface area contributed by atoms with E-state index in [1.807, 2.05) is 119 Å². The van der Waals surface area contributed by atoms with E-state index in [0.29, 0.717) is 12.6 Å². The molecule has 0 atom stereocenters. The minimum absolute atomic E-state index is 0.0938. The van der Waals surface area contributed by atoms with Crippen molar-refractivity contribution >= 4 is 11.8 Å². The van der Waals surface area contributed by atoms with Crippen molar-refractivity contribution < 1.29 is 14.1 Å². The number of carbonyl (C=O) groups excluding carboxylic acids is 2. The molecule has 48 heavy (non-hydrogen) atoms. The molecule has 6 rings (SSSR count). The number of pyridine rings is 1. The van der Waals surface area contributed by atoms with Crippen LogP contribution in [0.25, 0.3) is 0 Å². The van der Waals surface area contributed by atoms with E-state index in [4.69, 9.17) is 4.52 Å². The summed E-state index contributed by atoms with van der Waals surface area (Å²) >= 11 is 0. The molecule has 0 N–H and O–H groups in total. The van der Waals surface area contributed by atoms with Gasteiger partial charge in [-0.05, 0) is 78.3 Å². The zero-order valence-electron chi connectivity index (χ0n) is 31.9. The summed E-state index contributed by atoms with van der Waals surface area (Å²) in [5.74, 6) is 1.21. The van der Waals surface area contributed by atoms with Gasteiger partial charge in [-0.1, -0.05) is 71.8 Å². The van der Waals surface area contributed by atoms with Crippen LogP contribution in [0.1, 0.15) is 135 Å². The molecule has 2 aliphatic heterocycles. The van der Waals surface area contributed by atoms with Gasteiger partial charge in [0.2, 0.25) is 0 Å². The lowest BCUT2D eigenvalue weighted by Gasteiger charge is -2.19. The maximum absolute atomic E-state index is 11.8. The Morgan fingerprint density at radius 2 is 1.25 bits per heavy atom. The van der Waals surface area contributed by atoms with Crippen LogP contribution in [0.4, 0.5) is 0 Å². The fourth-order valence-corrected chi connectivity index (χ4v) is 4.53. The van der Waals surface area contributed by atoms with Crippen molar-refractivity contribution in [2.45, 2.75) is 133 Å². The summed E-state index contributed by atoms with van der Waals surface area (Å²) in [6.07, 6.45) is 7.17. The highest BCUT2D eigenvalue weighted by Crippen LogP contribution is 2.24. The van der Waals surface area contributed by atoms with Gasteiger partial charge in [-0.2, -0.15) is 5.10 Å². The standard InChI is InChI=1S/C11H13NO.C10H12N2O.C7H12N2.C7H11NO.2C2H6/c1-8(2)12-7-9-5-3-4-6-10(9)11(12)13;1-7(2)12-6-9-8(10(12)13)4-3-5-11-9;1-7(2,3)9-6-4-5-8-9;1-7(2,3)6-4-5-8-9-6;2*1-2/h3-6,8H,7H2,1-2H3;3-5,7H,6H2,1-2H3;4-6H,1-3H3;4-5H,1-3H3;2*1-2H3. The number of benzene rings is 1. The molecule has 0 unspecified atom stereocenters. The van der Waals surface area contributed by atoms with E-state index in [-0.39, 0.29) is 28.8 Å². The summed E-state index contributed by atoms with van der Waals surface area (Å²) in [6.45, 7) is 30.2. The van der Waals surface area contributed by atoms with E-state index in [1.165, 1.54) is 0 Å². The number of hydrogen-bond donors (Lipinski definition) is 0. The highest BCUT2D eigenvalue weighted by Gasteiger charge is 2.30. The number of rotatable bonds is 2. The predicted molar refractivity (Wildman–Crippen MR) is 196 cm³/mol. The lowest BCUT2D eigenvalue weighted by molar-refractivity contribution is 0.0722. The highest BCUT2D eigenvalue weighted by molar-refractivity contribution is 5.98. The third-order valence-electron chi connectivity index (χ3n) is 7.17. The minimum atomic E-state index is 0.0938. The van der Waals surface area contributed by atoms with Gasteiger partial charge in [0.15, 0.2) is 0 Å². The van der Waals surface area contributed by atoms with Gasteiger partial charge < -0.3 is 14.3 Å². The smallest absolute Gasteiger partial charge is 0.256 e. The fourth-order valence-electron chi connectivity index (χ4n) is 4.53. The van der Waals surface area contributed by atoms with Gasteiger partial charge in [-0.3, -0.25) is 19.3 Å². The summed E-state index contributed by atoms with van der Waals surface area (Å²) in [4.78, 5) is 31.4. The molecule has 1 aromatic carbocycles. The van der Waals surface area contributed by atoms with E-state index >= 15 is 0 Å². The molecule has 9 nitrogen and oxygen atoms in total. The van der Waals surface area contributed by atoms with Crippen LogP contribution in [0.3, 0.4) is 0 Å². The summed E-state index contributed by atoms with van der Waals surface area (Å²) in [5, 5.41) is 7.72. The molecule has 2 amide bonds. The Morgan fingerprint density at radius 1 is 0.688 bits per heavy atom. The largest absolute Gasteiger partial charge is 0.361 e. The number of fused-ring (bicyclic) bond motifs is 2. The van der Waals surface area contributed by atoms with Gasteiger partial charge in [-0.15, -0.1) is 0 Å². The van der Waals surface area contributed by atoms with Crippen LogP contribution >= 0.6 is 0 Å². The second kappa shape index (κ2) is 19.5. The normalized spacial score (nSPS) is 13.0. The minimum Gasteiger partial charge on any atom is -0.361 e. The van der Waals surface area contributed by atoms with E-state index in [9.17, 15) is 9.59 Å². The predicted octanol–water partition coefficient (Wildman–Crippen LogP) is 9.16. The number of carbonyl (C=O) groups is 2. The Morgan fingerprint density at radius 3 is 1.67 bits per heavy atom. The highest BCUT2D eigenvalue weighted by atomic mass is 16.5. The Hall–Kier alpha value is -4.27. The van der Waals surface area contributed by atoms with Crippen molar-refractivity contribution in [1.29, 1.82) is 0 Å². The van der Waals surface area contributed by atoms with Crippen LogP contribution in [0.15, 0.2) is 77.8 Å². The Labute approximate surface area is 289 Å². The molecular formula is C39H60N6O3. The zero-order valence-corrected chi connectivity index (χ0v) is 31.9. The second-order valence-corrected chi connectivity index (χ2v) is 13.5. The topological polar surface area (TPSA) is 97.4 Å². The number of aromatic nitrogens is 4. The maximum Gasteiger partial charge on any atom is 0.256 e. The molecule has 264 valence electrons. The molecular weight excluding hydrogens is 600 g/mol. The van der Waals surface area contributed by atoms with Crippen LogP contribution in [0, 0.1) is 0 Å². The third kappa shape index (κ3) is 12.1. The summed E-state index contributed by atoms with van der Waals surface area (Å²) in [5.41, 5.74) is 3.91. The van der Waals surface area contributed by atoms with E-state index in [0.717, 1.165) is 34.7 Å². The molecule has 5 heterocycles. The molecule has 9 heteroatoms. The first kappa shape index (κ1) is 41.8. The van der Waals surface area contributed by atoms with Gasteiger partial charge >= 0.3 is 0 Å².